The van der Waals surface area contributed by atoms with Crippen molar-refractivity contribution in [3.63, 3.8) is 0 Å². The molecule has 0 aliphatic heterocycles. The molecule has 0 N–H and O–H groups in total. The summed E-state index contributed by atoms with van der Waals surface area (Å²) < 4.78 is 5.20. The van der Waals surface area contributed by atoms with Crippen molar-refractivity contribution in [2.45, 2.75) is 13.5 Å². The third kappa shape index (κ3) is 2.20. The van der Waals surface area contributed by atoms with Gasteiger partial charge >= 0.3 is 0 Å². The van der Waals surface area contributed by atoms with Crippen molar-refractivity contribution in [3.05, 3.63) is 23.7 Å². The average molecular weight is 167 g/mol. The normalized spacial score (nSPS) is 10.6. The first-order chi connectivity index (χ1) is 5.76. The SMILES string of the molecule is CCN(C)Cc1ccc(C=O)o1. The molecule has 0 aliphatic carbocycles. The Bertz CT molecular complexity index is 255. The molecule has 0 saturated heterocycles. The van der Waals surface area contributed by atoms with Crippen molar-refractivity contribution < 1.29 is 9.21 Å². The van der Waals surface area contributed by atoms with E-state index in [1.807, 2.05) is 13.1 Å². The molecule has 1 rings (SSSR count). The number of aldehydes is 1. The molecule has 0 atom stereocenters. The highest BCUT2D eigenvalue weighted by Crippen LogP contribution is 2.07. The van der Waals surface area contributed by atoms with E-state index in [1.165, 1.54) is 0 Å². The first-order valence-corrected chi connectivity index (χ1v) is 3.98. The van der Waals surface area contributed by atoms with E-state index >= 15 is 0 Å². The Morgan fingerprint density at radius 3 is 2.83 bits per heavy atom. The largest absolute Gasteiger partial charge is 0.457 e. The van der Waals surface area contributed by atoms with Gasteiger partial charge in [-0.15, -0.1) is 0 Å². The van der Waals surface area contributed by atoms with Crippen molar-refractivity contribution in [2.75, 3.05) is 13.6 Å². The molecule has 0 unspecified atom stereocenters. The van der Waals surface area contributed by atoms with Gasteiger partial charge in [-0.3, -0.25) is 9.69 Å². The Balaban J connectivity index is 2.57. The zero-order chi connectivity index (χ0) is 8.97. The molecule has 66 valence electrons. The maximum atomic E-state index is 10.3. The van der Waals surface area contributed by atoms with Crippen LogP contribution in [0, 0.1) is 0 Å². The predicted molar refractivity (Wildman–Crippen MR) is 46.1 cm³/mol. The van der Waals surface area contributed by atoms with Gasteiger partial charge in [0.05, 0.1) is 6.54 Å². The van der Waals surface area contributed by atoms with Crippen molar-refractivity contribution >= 4 is 6.29 Å². The molecule has 3 heteroatoms. The second kappa shape index (κ2) is 4.07. The quantitative estimate of drug-likeness (QED) is 0.638. The van der Waals surface area contributed by atoms with Crippen LogP contribution in [0.2, 0.25) is 0 Å². The van der Waals surface area contributed by atoms with Gasteiger partial charge in [0.25, 0.3) is 0 Å². The molecule has 1 aromatic rings. The molecule has 0 fully saturated rings. The first kappa shape index (κ1) is 9.00. The Morgan fingerprint density at radius 1 is 1.58 bits per heavy atom. The molecule has 3 nitrogen and oxygen atoms in total. The van der Waals surface area contributed by atoms with Gasteiger partial charge in [0.2, 0.25) is 0 Å². The zero-order valence-corrected chi connectivity index (χ0v) is 7.41. The minimum Gasteiger partial charge on any atom is -0.457 e. The summed E-state index contributed by atoms with van der Waals surface area (Å²) in [5, 5.41) is 0. The second-order valence-electron chi connectivity index (χ2n) is 2.75. The first-order valence-electron chi connectivity index (χ1n) is 3.98. The zero-order valence-electron chi connectivity index (χ0n) is 7.41. The van der Waals surface area contributed by atoms with E-state index < -0.39 is 0 Å². The lowest BCUT2D eigenvalue weighted by Gasteiger charge is -2.10. The lowest BCUT2D eigenvalue weighted by molar-refractivity contribution is 0.109. The summed E-state index contributed by atoms with van der Waals surface area (Å²) in [5.41, 5.74) is 0. The van der Waals surface area contributed by atoms with Gasteiger partial charge in [-0.2, -0.15) is 0 Å². The molecule has 0 radical (unpaired) electrons. The fraction of sp³-hybridized carbons (Fsp3) is 0.444. The predicted octanol–water partition coefficient (Wildman–Crippen LogP) is 1.54. The number of hydrogen-bond donors (Lipinski definition) is 0. The molecular formula is C9H13NO2. The number of furan rings is 1. The van der Waals surface area contributed by atoms with E-state index in [4.69, 9.17) is 4.42 Å². The van der Waals surface area contributed by atoms with Gasteiger partial charge in [-0.25, -0.2) is 0 Å². The van der Waals surface area contributed by atoms with Crippen LogP contribution in [0.15, 0.2) is 16.5 Å². The van der Waals surface area contributed by atoms with Gasteiger partial charge in [0.1, 0.15) is 5.76 Å². The van der Waals surface area contributed by atoms with E-state index in [0.717, 1.165) is 25.1 Å². The van der Waals surface area contributed by atoms with Crippen molar-refractivity contribution in [1.82, 2.24) is 4.90 Å². The molecule has 0 aromatic carbocycles. The van der Waals surface area contributed by atoms with Crippen LogP contribution >= 0.6 is 0 Å². The van der Waals surface area contributed by atoms with Crippen LogP contribution in [-0.4, -0.2) is 24.8 Å². The van der Waals surface area contributed by atoms with Gasteiger partial charge in [0.15, 0.2) is 12.0 Å². The highest BCUT2D eigenvalue weighted by molar-refractivity contribution is 5.70. The van der Waals surface area contributed by atoms with Gasteiger partial charge in [-0.1, -0.05) is 6.92 Å². The highest BCUT2D eigenvalue weighted by atomic mass is 16.3. The molecule has 1 aromatic heterocycles. The van der Waals surface area contributed by atoms with E-state index in [2.05, 4.69) is 11.8 Å². The fourth-order valence-electron chi connectivity index (χ4n) is 0.921. The topological polar surface area (TPSA) is 33.5 Å². The Kier molecular flexibility index (Phi) is 3.05. The van der Waals surface area contributed by atoms with Gasteiger partial charge < -0.3 is 4.42 Å². The number of rotatable bonds is 4. The van der Waals surface area contributed by atoms with E-state index in [9.17, 15) is 4.79 Å². The number of hydrogen-bond acceptors (Lipinski definition) is 3. The number of nitrogens with zero attached hydrogens (tertiary/aromatic N) is 1. The van der Waals surface area contributed by atoms with Crippen LogP contribution < -0.4 is 0 Å². The van der Waals surface area contributed by atoms with E-state index in [0.29, 0.717) is 5.76 Å². The third-order valence-electron chi connectivity index (χ3n) is 1.76. The summed E-state index contributed by atoms with van der Waals surface area (Å²) >= 11 is 0. The molecule has 0 spiro atoms. The van der Waals surface area contributed by atoms with Crippen LogP contribution in [0.5, 0.6) is 0 Å². The maximum absolute atomic E-state index is 10.3. The monoisotopic (exact) mass is 167 g/mol. The fourth-order valence-corrected chi connectivity index (χ4v) is 0.921. The van der Waals surface area contributed by atoms with Gasteiger partial charge in [0, 0.05) is 0 Å². The lowest BCUT2D eigenvalue weighted by Crippen LogP contribution is -2.16. The van der Waals surface area contributed by atoms with Crippen LogP contribution in [0.25, 0.3) is 0 Å². The Morgan fingerprint density at radius 2 is 2.33 bits per heavy atom. The Labute approximate surface area is 72.0 Å². The van der Waals surface area contributed by atoms with Crippen molar-refractivity contribution in [1.29, 1.82) is 0 Å². The number of carbonyl (C=O) groups excluding carboxylic acids is 1. The van der Waals surface area contributed by atoms with Crippen LogP contribution in [0.4, 0.5) is 0 Å². The summed E-state index contributed by atoms with van der Waals surface area (Å²) in [5.74, 6) is 1.23. The van der Waals surface area contributed by atoms with E-state index in [-0.39, 0.29) is 0 Å². The van der Waals surface area contributed by atoms with Crippen LogP contribution in [0.1, 0.15) is 23.2 Å². The Hall–Kier alpha value is -1.09. The summed E-state index contributed by atoms with van der Waals surface area (Å²) in [6.45, 7) is 3.80. The smallest absolute Gasteiger partial charge is 0.185 e. The molecule has 12 heavy (non-hydrogen) atoms. The molecule has 0 saturated carbocycles. The lowest BCUT2D eigenvalue weighted by atomic mass is 10.4. The molecule has 0 aliphatic rings. The molecule has 0 bridgehead atoms. The maximum Gasteiger partial charge on any atom is 0.185 e. The molecule has 0 amide bonds. The summed E-state index contributed by atoms with van der Waals surface area (Å²) in [4.78, 5) is 12.4. The third-order valence-corrected chi connectivity index (χ3v) is 1.76. The molecule has 1 heterocycles. The van der Waals surface area contributed by atoms with Crippen LogP contribution in [-0.2, 0) is 6.54 Å². The van der Waals surface area contributed by atoms with Gasteiger partial charge in [-0.05, 0) is 25.7 Å². The van der Waals surface area contributed by atoms with Crippen molar-refractivity contribution in [3.8, 4) is 0 Å². The van der Waals surface area contributed by atoms with E-state index in [1.54, 1.807) is 6.07 Å². The van der Waals surface area contributed by atoms with Crippen molar-refractivity contribution in [2.24, 2.45) is 0 Å². The summed E-state index contributed by atoms with van der Waals surface area (Å²) in [7, 11) is 2.00. The second-order valence-corrected chi connectivity index (χ2v) is 2.75. The minimum atomic E-state index is 0.398. The standard InChI is InChI=1S/C9H13NO2/c1-3-10(2)6-8-4-5-9(7-11)12-8/h4-5,7H,3,6H2,1-2H3. The summed E-state index contributed by atoms with van der Waals surface area (Å²) in [6, 6.07) is 3.52. The highest BCUT2D eigenvalue weighted by Gasteiger charge is 2.02. The number of carbonyl (C=O) groups is 1. The molecular weight excluding hydrogens is 154 g/mol. The summed E-state index contributed by atoms with van der Waals surface area (Å²) in [6.07, 6.45) is 0.718. The minimum absolute atomic E-state index is 0.398. The average Bonchev–Trinajstić information content (AvgIpc) is 2.52. The van der Waals surface area contributed by atoms with Crippen LogP contribution in [0.3, 0.4) is 0 Å².